The molecular weight excluding hydrogens is 416 g/mol. The Balaban J connectivity index is 1.82. The molecule has 2 heterocycles. The molecule has 0 fully saturated rings. The van der Waals surface area contributed by atoms with Gasteiger partial charge in [0.25, 0.3) is 0 Å². The number of aryl methyl sites for hydroxylation is 1. The maximum atomic E-state index is 12.1. The van der Waals surface area contributed by atoms with Crippen molar-refractivity contribution in [2.45, 2.75) is 10.9 Å². The third-order valence-corrected chi connectivity index (χ3v) is 6.07. The summed E-state index contributed by atoms with van der Waals surface area (Å²) in [5.41, 5.74) is 8.30. The first-order valence-corrected chi connectivity index (χ1v) is 11.3. The number of aromatic nitrogens is 4. The first-order valence-electron chi connectivity index (χ1n) is 9.42. The number of ether oxygens (including phenoxy) is 1. The minimum Gasteiger partial charge on any atom is -0.497 e. The normalized spacial score (nSPS) is 12.6. The third kappa shape index (κ3) is 4.15. The molecule has 0 radical (unpaired) electrons. The summed E-state index contributed by atoms with van der Waals surface area (Å²) in [5, 5.41) is 8.14. The zero-order valence-electron chi connectivity index (χ0n) is 17.3. The Bertz CT molecular complexity index is 1350. The monoisotopic (exact) mass is 438 g/mol. The summed E-state index contributed by atoms with van der Waals surface area (Å²) in [6, 6.07) is 13.8. The first-order chi connectivity index (χ1) is 14.8. The summed E-state index contributed by atoms with van der Waals surface area (Å²) in [6.45, 7) is 0. The summed E-state index contributed by atoms with van der Waals surface area (Å²) in [7, 11) is 0.00137. The molecule has 9 nitrogen and oxygen atoms in total. The predicted octanol–water partition coefficient (Wildman–Crippen LogP) is 2.56. The Morgan fingerprint density at radius 1 is 1.10 bits per heavy atom. The lowest BCUT2D eigenvalue weighted by molar-refractivity contribution is 0.414. The van der Waals surface area contributed by atoms with Gasteiger partial charge < -0.3 is 15.8 Å². The fraction of sp³-hybridized carbons (Fsp3) is 0.190. The van der Waals surface area contributed by atoms with Crippen LogP contribution in [0.3, 0.4) is 0 Å². The van der Waals surface area contributed by atoms with Crippen molar-refractivity contribution in [1.82, 2.24) is 19.7 Å². The van der Waals surface area contributed by atoms with Gasteiger partial charge in [-0.25, -0.2) is 8.42 Å². The third-order valence-electron chi connectivity index (χ3n) is 4.96. The van der Waals surface area contributed by atoms with Crippen molar-refractivity contribution in [2.75, 3.05) is 24.4 Å². The van der Waals surface area contributed by atoms with E-state index in [2.05, 4.69) is 20.4 Å². The van der Waals surface area contributed by atoms with Gasteiger partial charge in [-0.05, 0) is 35.4 Å². The molecule has 0 bridgehead atoms. The van der Waals surface area contributed by atoms with Crippen LogP contribution in [-0.2, 0) is 16.9 Å². The molecule has 3 N–H and O–H groups in total. The van der Waals surface area contributed by atoms with Gasteiger partial charge in [-0.2, -0.15) is 15.1 Å². The summed E-state index contributed by atoms with van der Waals surface area (Å²) in [6.07, 6.45) is 2.80. The molecule has 0 aliphatic carbocycles. The Morgan fingerprint density at radius 2 is 1.84 bits per heavy atom. The van der Waals surface area contributed by atoms with Crippen molar-refractivity contribution in [3.63, 3.8) is 0 Å². The summed E-state index contributed by atoms with van der Waals surface area (Å²) >= 11 is 0. The Hall–Kier alpha value is -3.66. The number of methoxy groups -OCH3 is 1. The van der Waals surface area contributed by atoms with Gasteiger partial charge in [0, 0.05) is 13.3 Å². The fourth-order valence-corrected chi connectivity index (χ4v) is 3.99. The number of nitrogens with two attached hydrogens (primary N) is 1. The summed E-state index contributed by atoms with van der Waals surface area (Å²) < 4.78 is 31.1. The molecule has 4 rings (SSSR count). The number of nitrogens with zero attached hydrogens (tertiary/aromatic N) is 4. The number of benzene rings is 2. The van der Waals surface area contributed by atoms with Crippen molar-refractivity contribution in [3.05, 3.63) is 65.9 Å². The minimum absolute atomic E-state index is 0.229. The van der Waals surface area contributed by atoms with Crippen LogP contribution in [0.4, 0.5) is 11.8 Å². The summed E-state index contributed by atoms with van der Waals surface area (Å²) in [4.78, 5) is 9.15. The van der Waals surface area contributed by atoms with E-state index in [9.17, 15) is 8.42 Å². The molecular formula is C21H22N6O3S. The smallest absolute Gasteiger partial charge is 0.227 e. The lowest BCUT2D eigenvalue weighted by Crippen LogP contribution is -2.16. The van der Waals surface area contributed by atoms with Crippen molar-refractivity contribution in [1.29, 1.82) is 0 Å². The topological polar surface area (TPSA) is 125 Å². The molecule has 31 heavy (non-hydrogen) atoms. The summed E-state index contributed by atoms with van der Waals surface area (Å²) in [5.74, 6) is 1.32. The van der Waals surface area contributed by atoms with Gasteiger partial charge in [0.15, 0.2) is 15.5 Å². The van der Waals surface area contributed by atoms with E-state index in [1.807, 2.05) is 30.3 Å². The van der Waals surface area contributed by atoms with Crippen LogP contribution in [0, 0.1) is 0 Å². The molecule has 0 aliphatic heterocycles. The molecule has 1 atom stereocenters. The Kier molecular flexibility index (Phi) is 5.24. The van der Waals surface area contributed by atoms with E-state index in [4.69, 9.17) is 10.5 Å². The highest BCUT2D eigenvalue weighted by Gasteiger charge is 2.19. The van der Waals surface area contributed by atoms with Crippen LogP contribution in [-0.4, -0.2) is 41.5 Å². The zero-order valence-corrected chi connectivity index (χ0v) is 18.1. The van der Waals surface area contributed by atoms with Gasteiger partial charge in [0.2, 0.25) is 5.95 Å². The zero-order chi connectivity index (χ0) is 22.2. The van der Waals surface area contributed by atoms with Crippen LogP contribution in [0.2, 0.25) is 0 Å². The lowest BCUT2D eigenvalue weighted by Gasteiger charge is -2.21. The number of anilines is 2. The van der Waals surface area contributed by atoms with E-state index in [-0.39, 0.29) is 4.90 Å². The molecule has 0 saturated carbocycles. The lowest BCUT2D eigenvalue weighted by atomic mass is 9.98. The second kappa shape index (κ2) is 7.88. The predicted molar refractivity (Wildman–Crippen MR) is 119 cm³/mol. The molecule has 0 aliphatic rings. The highest BCUT2D eigenvalue weighted by molar-refractivity contribution is 7.90. The van der Waals surface area contributed by atoms with Crippen LogP contribution >= 0.6 is 0 Å². The van der Waals surface area contributed by atoms with Gasteiger partial charge in [0.05, 0.1) is 29.6 Å². The van der Waals surface area contributed by atoms with Crippen LogP contribution in [0.1, 0.15) is 17.2 Å². The molecule has 0 spiro atoms. The van der Waals surface area contributed by atoms with Crippen molar-refractivity contribution in [3.8, 4) is 5.75 Å². The van der Waals surface area contributed by atoms with Crippen LogP contribution < -0.4 is 15.8 Å². The number of nitrogen functional groups attached to an aromatic ring is 1. The molecule has 1 unspecified atom stereocenters. The standard InChI is InChI=1S/C21H22N6O3S/c1-27-20-17(12-23-27)19(22)25-21(26-20)24-18(13-7-9-15(30-2)10-8-13)14-5-4-6-16(11-14)31(3,28)29/h4-12,18H,1-3H3,(H3,22,24,25,26). The van der Waals surface area contributed by atoms with Gasteiger partial charge in [0.1, 0.15) is 11.6 Å². The van der Waals surface area contributed by atoms with E-state index in [1.54, 1.807) is 43.2 Å². The molecule has 4 aromatic rings. The average molecular weight is 439 g/mol. The van der Waals surface area contributed by atoms with Gasteiger partial charge in [-0.15, -0.1) is 0 Å². The Morgan fingerprint density at radius 3 is 2.52 bits per heavy atom. The number of sulfone groups is 1. The molecule has 0 saturated heterocycles. The maximum Gasteiger partial charge on any atom is 0.227 e. The van der Waals surface area contributed by atoms with Gasteiger partial charge in [-0.1, -0.05) is 24.3 Å². The van der Waals surface area contributed by atoms with E-state index >= 15 is 0 Å². The molecule has 160 valence electrons. The largest absolute Gasteiger partial charge is 0.497 e. The van der Waals surface area contributed by atoms with Crippen molar-refractivity contribution < 1.29 is 13.2 Å². The van der Waals surface area contributed by atoms with Crippen LogP contribution in [0.25, 0.3) is 11.0 Å². The second-order valence-electron chi connectivity index (χ2n) is 7.13. The molecule has 2 aromatic heterocycles. The maximum absolute atomic E-state index is 12.1. The minimum atomic E-state index is -3.37. The van der Waals surface area contributed by atoms with Gasteiger partial charge in [-0.3, -0.25) is 4.68 Å². The fourth-order valence-electron chi connectivity index (χ4n) is 3.32. The average Bonchev–Trinajstić information content (AvgIpc) is 3.13. The van der Waals surface area contributed by atoms with Crippen molar-refractivity contribution >= 4 is 32.6 Å². The highest BCUT2D eigenvalue weighted by Crippen LogP contribution is 2.29. The quantitative estimate of drug-likeness (QED) is 0.470. The van der Waals surface area contributed by atoms with E-state index in [1.165, 1.54) is 6.26 Å². The van der Waals surface area contributed by atoms with Crippen LogP contribution in [0.5, 0.6) is 5.75 Å². The van der Waals surface area contributed by atoms with E-state index in [0.29, 0.717) is 28.5 Å². The van der Waals surface area contributed by atoms with Gasteiger partial charge >= 0.3 is 0 Å². The molecule has 10 heteroatoms. The number of hydrogen-bond acceptors (Lipinski definition) is 8. The second-order valence-corrected chi connectivity index (χ2v) is 9.15. The molecule has 2 aromatic carbocycles. The molecule has 0 amide bonds. The first kappa shape index (κ1) is 20.6. The number of nitrogens with one attached hydrogen (secondary N) is 1. The van der Waals surface area contributed by atoms with Crippen molar-refractivity contribution in [2.24, 2.45) is 7.05 Å². The highest BCUT2D eigenvalue weighted by atomic mass is 32.2. The van der Waals surface area contributed by atoms with E-state index in [0.717, 1.165) is 11.1 Å². The van der Waals surface area contributed by atoms with E-state index < -0.39 is 15.9 Å². The number of hydrogen-bond donors (Lipinski definition) is 2. The number of fused-ring (bicyclic) bond motifs is 1. The Labute approximate surface area is 179 Å². The number of rotatable bonds is 6. The SMILES string of the molecule is COc1ccc(C(Nc2nc(N)c3cnn(C)c3n2)c2cccc(S(C)(=O)=O)c2)cc1. The van der Waals surface area contributed by atoms with Crippen LogP contribution in [0.15, 0.2) is 59.6 Å².